The van der Waals surface area contributed by atoms with E-state index in [1.54, 1.807) is 24.3 Å². The van der Waals surface area contributed by atoms with Gasteiger partial charge in [-0.05, 0) is 41.5 Å². The topological polar surface area (TPSA) is 76.0 Å². The van der Waals surface area contributed by atoms with E-state index in [1.165, 1.54) is 24.3 Å². The smallest absolute Gasteiger partial charge is 0.433 e. The van der Waals surface area contributed by atoms with Gasteiger partial charge in [0.2, 0.25) is 0 Å². The number of halogens is 6. The number of nitrogens with zero attached hydrogens (tertiary/aromatic N) is 3. The molecule has 0 aliphatic carbocycles. The van der Waals surface area contributed by atoms with E-state index in [4.69, 9.17) is 5.11 Å². The molecule has 0 radical (unpaired) electrons. The number of pyridine rings is 1. The van der Waals surface area contributed by atoms with Crippen molar-refractivity contribution >= 4 is 5.97 Å². The average Bonchev–Trinajstić information content (AvgIpc) is 2.83. The highest BCUT2D eigenvalue weighted by molar-refractivity contribution is 5.88. The van der Waals surface area contributed by atoms with Crippen LogP contribution in [-0.2, 0) is 12.4 Å². The molecule has 35 heavy (non-hydrogen) atoms. The van der Waals surface area contributed by atoms with Gasteiger partial charge in [-0.15, -0.1) is 0 Å². The fourth-order valence-electron chi connectivity index (χ4n) is 3.20. The number of hydrogen-bond acceptors (Lipinski definition) is 4. The van der Waals surface area contributed by atoms with Gasteiger partial charge in [-0.3, -0.25) is 4.98 Å². The van der Waals surface area contributed by atoms with Crippen molar-refractivity contribution in [2.45, 2.75) is 12.4 Å². The molecule has 4 rings (SSSR count). The van der Waals surface area contributed by atoms with E-state index in [9.17, 15) is 31.1 Å². The van der Waals surface area contributed by atoms with E-state index in [1.807, 2.05) is 0 Å². The Kier molecular flexibility index (Phi) is 6.01. The zero-order valence-corrected chi connectivity index (χ0v) is 17.4. The minimum Gasteiger partial charge on any atom is -0.478 e. The molecule has 2 aromatic heterocycles. The predicted molar refractivity (Wildman–Crippen MR) is 113 cm³/mol. The molecule has 0 aliphatic heterocycles. The van der Waals surface area contributed by atoms with Crippen LogP contribution in [-0.4, -0.2) is 26.0 Å². The Morgan fingerprint density at radius 1 is 0.657 bits per heavy atom. The molecule has 4 aromatic rings. The van der Waals surface area contributed by atoms with Crippen LogP contribution in [0, 0.1) is 0 Å². The number of carboxylic acid groups (broad SMARTS) is 1. The number of alkyl halides is 6. The normalized spacial score (nSPS) is 11.9. The van der Waals surface area contributed by atoms with E-state index in [-0.39, 0.29) is 28.2 Å². The van der Waals surface area contributed by atoms with Crippen LogP contribution in [0.4, 0.5) is 26.3 Å². The highest BCUT2D eigenvalue weighted by Gasteiger charge is 2.35. The minimum atomic E-state index is -4.82. The summed E-state index contributed by atoms with van der Waals surface area (Å²) in [6, 6.07) is 14.5. The summed E-state index contributed by atoms with van der Waals surface area (Å²) in [4.78, 5) is 22.0. The molecule has 0 saturated carbocycles. The molecule has 1 N–H and O–H groups in total. The molecule has 2 heterocycles. The Morgan fingerprint density at radius 3 is 1.66 bits per heavy atom. The molecule has 5 nitrogen and oxygen atoms in total. The first-order valence-corrected chi connectivity index (χ1v) is 9.86. The maximum atomic E-state index is 13.5. The molecular weight excluding hydrogens is 476 g/mol. The maximum absolute atomic E-state index is 13.5. The average molecular weight is 489 g/mol. The summed E-state index contributed by atoms with van der Waals surface area (Å²) >= 11 is 0. The van der Waals surface area contributed by atoms with E-state index < -0.39 is 29.7 Å². The van der Waals surface area contributed by atoms with Crippen LogP contribution in [0.25, 0.3) is 33.8 Å². The third kappa shape index (κ3) is 5.29. The molecule has 0 bridgehead atoms. The van der Waals surface area contributed by atoms with Gasteiger partial charge in [0.25, 0.3) is 0 Å². The highest BCUT2D eigenvalue weighted by Crippen LogP contribution is 2.34. The monoisotopic (exact) mass is 489 g/mol. The number of hydrogen-bond donors (Lipinski definition) is 1. The second-order valence-electron chi connectivity index (χ2n) is 7.35. The van der Waals surface area contributed by atoms with Gasteiger partial charge in [-0.1, -0.05) is 36.4 Å². The molecule has 0 atom stereocenters. The van der Waals surface area contributed by atoms with Crippen LogP contribution < -0.4 is 0 Å². The first-order valence-electron chi connectivity index (χ1n) is 9.86. The maximum Gasteiger partial charge on any atom is 0.433 e. The summed E-state index contributed by atoms with van der Waals surface area (Å²) in [7, 11) is 0. The molecule has 0 saturated heterocycles. The molecule has 0 aliphatic rings. The van der Waals surface area contributed by atoms with Crippen LogP contribution in [0.1, 0.15) is 21.7 Å². The lowest BCUT2D eigenvalue weighted by molar-refractivity contribution is -0.141. The summed E-state index contributed by atoms with van der Waals surface area (Å²) in [6.45, 7) is 0. The van der Waals surface area contributed by atoms with Gasteiger partial charge >= 0.3 is 18.3 Å². The van der Waals surface area contributed by atoms with Gasteiger partial charge in [-0.2, -0.15) is 26.3 Å². The third-order valence-corrected chi connectivity index (χ3v) is 4.97. The van der Waals surface area contributed by atoms with E-state index in [2.05, 4.69) is 15.0 Å². The summed E-state index contributed by atoms with van der Waals surface area (Å²) in [6.07, 6.45) is -8.71. The fraction of sp³-hybridized carbons (Fsp3) is 0.0833. The summed E-state index contributed by atoms with van der Waals surface area (Å²) < 4.78 is 78.8. The highest BCUT2D eigenvalue weighted by atomic mass is 19.4. The van der Waals surface area contributed by atoms with E-state index in [0.717, 1.165) is 12.3 Å². The van der Waals surface area contributed by atoms with Crippen molar-refractivity contribution < 1.29 is 36.2 Å². The Bertz CT molecular complexity index is 1370. The van der Waals surface area contributed by atoms with Crippen LogP contribution >= 0.6 is 0 Å². The summed E-state index contributed by atoms with van der Waals surface area (Å²) in [5.74, 6) is -1.35. The van der Waals surface area contributed by atoms with Crippen LogP contribution in [0.3, 0.4) is 0 Å². The number of aromatic carboxylic acids is 1. The van der Waals surface area contributed by atoms with Gasteiger partial charge in [0.15, 0.2) is 5.82 Å². The van der Waals surface area contributed by atoms with Gasteiger partial charge in [0.1, 0.15) is 11.4 Å². The van der Waals surface area contributed by atoms with Gasteiger partial charge in [0, 0.05) is 17.3 Å². The van der Waals surface area contributed by atoms with Crippen molar-refractivity contribution in [2.75, 3.05) is 0 Å². The third-order valence-electron chi connectivity index (χ3n) is 4.97. The lowest BCUT2D eigenvalue weighted by Crippen LogP contribution is -2.11. The van der Waals surface area contributed by atoms with Crippen molar-refractivity contribution in [1.29, 1.82) is 0 Å². The van der Waals surface area contributed by atoms with Gasteiger partial charge in [0.05, 0.1) is 11.3 Å². The minimum absolute atomic E-state index is 0.0395. The number of aromatic nitrogens is 3. The lowest BCUT2D eigenvalue weighted by atomic mass is 10.0. The Hall–Kier alpha value is -4.28. The van der Waals surface area contributed by atoms with Crippen LogP contribution in [0.5, 0.6) is 0 Å². The van der Waals surface area contributed by atoms with E-state index in [0.29, 0.717) is 23.3 Å². The molecular formula is C24H13F6N3O2. The Balaban J connectivity index is 1.72. The Labute approximate surface area is 193 Å². The van der Waals surface area contributed by atoms with Crippen LogP contribution in [0.2, 0.25) is 0 Å². The fourth-order valence-corrected chi connectivity index (χ4v) is 3.20. The van der Waals surface area contributed by atoms with Crippen LogP contribution in [0.15, 0.2) is 72.9 Å². The second-order valence-corrected chi connectivity index (χ2v) is 7.35. The lowest BCUT2D eigenvalue weighted by Gasteiger charge is -2.12. The molecule has 0 amide bonds. The zero-order valence-electron chi connectivity index (χ0n) is 17.4. The predicted octanol–water partition coefficient (Wildman–Crippen LogP) is 6.61. The van der Waals surface area contributed by atoms with Crippen molar-refractivity contribution in [3.05, 3.63) is 89.9 Å². The summed E-state index contributed by atoms with van der Waals surface area (Å²) in [5, 5.41) is 8.99. The molecule has 0 unspecified atom stereocenters. The van der Waals surface area contributed by atoms with E-state index >= 15 is 0 Å². The first-order chi connectivity index (χ1) is 16.4. The van der Waals surface area contributed by atoms with Gasteiger partial charge < -0.3 is 5.11 Å². The molecule has 0 fully saturated rings. The number of rotatable bonds is 4. The number of carboxylic acids is 1. The first kappa shape index (κ1) is 23.9. The van der Waals surface area contributed by atoms with Crippen molar-refractivity contribution in [1.82, 2.24) is 15.0 Å². The number of carbonyl (C=O) groups is 1. The Morgan fingerprint density at radius 2 is 1.17 bits per heavy atom. The molecule has 2 aromatic carbocycles. The summed E-state index contributed by atoms with van der Waals surface area (Å²) in [5.41, 5.74) is -1.02. The molecule has 11 heteroatoms. The standard InChI is InChI=1S/C24H13F6N3O2/c25-23(26,27)19-10-9-17(12-31-19)18-11-20(24(28,29)30)33-21(32-18)15-5-1-13(2-6-15)14-3-7-16(8-4-14)22(34)35/h1-12H,(H,34,35). The quantitative estimate of drug-likeness (QED) is 0.327. The molecule has 178 valence electrons. The van der Waals surface area contributed by atoms with Crippen molar-refractivity contribution in [2.24, 2.45) is 0 Å². The second kappa shape index (κ2) is 8.82. The zero-order chi connectivity index (χ0) is 25.4. The SMILES string of the molecule is O=C(O)c1ccc(-c2ccc(-c3nc(-c4ccc(C(F)(F)F)nc4)cc(C(F)(F)F)n3)cc2)cc1. The van der Waals surface area contributed by atoms with Crippen molar-refractivity contribution in [3.63, 3.8) is 0 Å². The van der Waals surface area contributed by atoms with Crippen molar-refractivity contribution in [3.8, 4) is 33.8 Å². The number of benzene rings is 2. The van der Waals surface area contributed by atoms with Gasteiger partial charge in [-0.25, -0.2) is 14.8 Å². The molecule has 0 spiro atoms. The largest absolute Gasteiger partial charge is 0.478 e.